The van der Waals surface area contributed by atoms with Gasteiger partial charge in [0, 0.05) is 12.6 Å². The summed E-state index contributed by atoms with van der Waals surface area (Å²) < 4.78 is 39.9. The van der Waals surface area contributed by atoms with Crippen LogP contribution < -0.4 is 9.62 Å². The van der Waals surface area contributed by atoms with Crippen LogP contribution in [0.1, 0.15) is 55.7 Å². The Morgan fingerprint density at radius 2 is 1.67 bits per heavy atom. The van der Waals surface area contributed by atoms with E-state index in [2.05, 4.69) is 5.32 Å². The van der Waals surface area contributed by atoms with E-state index in [1.54, 1.807) is 31.2 Å². The van der Waals surface area contributed by atoms with Crippen LogP contribution in [0.3, 0.4) is 0 Å². The number of nitrogens with one attached hydrogen (secondary N) is 1. The first kappa shape index (κ1) is 27.6. The van der Waals surface area contributed by atoms with Crippen molar-refractivity contribution in [3.05, 3.63) is 65.0 Å². The highest BCUT2D eigenvalue weighted by Gasteiger charge is 2.31. The van der Waals surface area contributed by atoms with E-state index in [0.29, 0.717) is 11.3 Å². The first-order valence-electron chi connectivity index (χ1n) is 12.3. The SMILES string of the molecule is Cc1ccc(N(CC(=O)N(Cc2ccc(F)cc2)[C@@H](C)C(=O)NC2CCCCC2)S(C)(=O)=O)cc1C. The number of benzene rings is 2. The molecule has 0 bridgehead atoms. The van der Waals surface area contributed by atoms with Gasteiger partial charge in [-0.15, -0.1) is 0 Å². The summed E-state index contributed by atoms with van der Waals surface area (Å²) in [6, 6.07) is 10.1. The van der Waals surface area contributed by atoms with Crippen molar-refractivity contribution in [2.24, 2.45) is 0 Å². The van der Waals surface area contributed by atoms with E-state index in [9.17, 15) is 22.4 Å². The monoisotopic (exact) mass is 517 g/mol. The molecule has 1 aliphatic carbocycles. The van der Waals surface area contributed by atoms with Gasteiger partial charge in [0.15, 0.2) is 0 Å². The van der Waals surface area contributed by atoms with Crippen molar-refractivity contribution in [1.82, 2.24) is 10.2 Å². The number of carbonyl (C=O) groups is 2. The average molecular weight is 518 g/mol. The van der Waals surface area contributed by atoms with Crippen molar-refractivity contribution in [2.75, 3.05) is 17.1 Å². The summed E-state index contributed by atoms with van der Waals surface area (Å²) in [5, 5.41) is 3.05. The molecule has 0 saturated heterocycles. The van der Waals surface area contributed by atoms with Crippen LogP contribution in [0, 0.1) is 19.7 Å². The number of rotatable bonds is 9. The van der Waals surface area contributed by atoms with E-state index in [1.807, 2.05) is 19.9 Å². The number of hydrogen-bond acceptors (Lipinski definition) is 4. The van der Waals surface area contributed by atoms with Crippen LogP contribution in [-0.2, 0) is 26.2 Å². The van der Waals surface area contributed by atoms with Crippen molar-refractivity contribution >= 4 is 27.5 Å². The normalized spacial score (nSPS) is 15.2. The highest BCUT2D eigenvalue weighted by Crippen LogP contribution is 2.23. The quantitative estimate of drug-likeness (QED) is 0.543. The molecule has 1 atom stereocenters. The largest absolute Gasteiger partial charge is 0.352 e. The van der Waals surface area contributed by atoms with Crippen LogP contribution in [0.15, 0.2) is 42.5 Å². The van der Waals surface area contributed by atoms with Crippen LogP contribution in [0.25, 0.3) is 0 Å². The summed E-state index contributed by atoms with van der Waals surface area (Å²) in [6.07, 6.45) is 6.11. The molecule has 2 amide bonds. The van der Waals surface area contributed by atoms with Gasteiger partial charge in [-0.2, -0.15) is 0 Å². The van der Waals surface area contributed by atoms with Crippen LogP contribution in [0.5, 0.6) is 0 Å². The highest BCUT2D eigenvalue weighted by atomic mass is 32.2. The summed E-state index contributed by atoms with van der Waals surface area (Å²) in [4.78, 5) is 28.1. The minimum Gasteiger partial charge on any atom is -0.352 e. The Balaban J connectivity index is 1.87. The number of sulfonamides is 1. The second-order valence-corrected chi connectivity index (χ2v) is 11.6. The van der Waals surface area contributed by atoms with Crippen LogP contribution in [0.2, 0.25) is 0 Å². The summed E-state index contributed by atoms with van der Waals surface area (Å²) in [5.74, 6) is -1.21. The molecule has 0 aromatic heterocycles. The molecule has 1 saturated carbocycles. The Morgan fingerprint density at radius 1 is 1.03 bits per heavy atom. The van der Waals surface area contributed by atoms with Crippen molar-refractivity contribution in [3.63, 3.8) is 0 Å². The van der Waals surface area contributed by atoms with Gasteiger partial charge in [0.2, 0.25) is 21.8 Å². The molecule has 2 aromatic carbocycles. The number of carbonyl (C=O) groups excluding carboxylic acids is 2. The fourth-order valence-electron chi connectivity index (χ4n) is 4.43. The van der Waals surface area contributed by atoms with E-state index in [4.69, 9.17) is 0 Å². The molecule has 0 heterocycles. The summed E-state index contributed by atoms with van der Waals surface area (Å²) in [6.45, 7) is 5.03. The minimum absolute atomic E-state index is 0.0445. The standard InChI is InChI=1S/C27H36FN3O4S/c1-19-10-15-25(16-20(19)2)31(36(4,34)35)18-26(32)30(17-22-11-13-23(28)14-12-22)21(3)27(33)29-24-8-6-5-7-9-24/h10-16,21,24H,5-9,17-18H2,1-4H3,(H,29,33)/t21-/m0/s1. The van der Waals surface area contributed by atoms with Gasteiger partial charge in [-0.05, 0) is 74.6 Å². The highest BCUT2D eigenvalue weighted by molar-refractivity contribution is 7.92. The first-order valence-corrected chi connectivity index (χ1v) is 14.2. The van der Waals surface area contributed by atoms with Crippen molar-refractivity contribution in [2.45, 2.75) is 71.5 Å². The zero-order valence-corrected chi connectivity index (χ0v) is 22.3. The zero-order valence-electron chi connectivity index (χ0n) is 21.5. The molecule has 1 fully saturated rings. The molecule has 0 unspecified atom stereocenters. The summed E-state index contributed by atoms with van der Waals surface area (Å²) in [7, 11) is -3.79. The molecule has 0 radical (unpaired) electrons. The lowest BCUT2D eigenvalue weighted by Gasteiger charge is -2.33. The van der Waals surface area contributed by atoms with Gasteiger partial charge in [0.1, 0.15) is 18.4 Å². The van der Waals surface area contributed by atoms with E-state index in [0.717, 1.165) is 53.8 Å². The third-order valence-corrected chi connectivity index (χ3v) is 7.98. The van der Waals surface area contributed by atoms with Crippen LogP contribution in [0.4, 0.5) is 10.1 Å². The molecule has 3 rings (SSSR count). The van der Waals surface area contributed by atoms with Gasteiger partial charge in [0.25, 0.3) is 0 Å². The predicted octanol–water partition coefficient (Wildman–Crippen LogP) is 4.07. The van der Waals surface area contributed by atoms with Gasteiger partial charge in [-0.25, -0.2) is 12.8 Å². The number of aryl methyl sites for hydroxylation is 2. The van der Waals surface area contributed by atoms with Gasteiger partial charge in [-0.1, -0.05) is 37.5 Å². The van der Waals surface area contributed by atoms with Crippen molar-refractivity contribution in [3.8, 4) is 0 Å². The molecule has 1 aliphatic rings. The molecular weight excluding hydrogens is 481 g/mol. The lowest BCUT2D eigenvalue weighted by atomic mass is 9.95. The molecule has 2 aromatic rings. The smallest absolute Gasteiger partial charge is 0.244 e. The molecule has 9 heteroatoms. The third kappa shape index (κ3) is 7.29. The van der Waals surface area contributed by atoms with Crippen molar-refractivity contribution in [1.29, 1.82) is 0 Å². The second-order valence-electron chi connectivity index (χ2n) is 9.71. The molecule has 7 nitrogen and oxygen atoms in total. The maximum Gasteiger partial charge on any atom is 0.244 e. The average Bonchev–Trinajstić information content (AvgIpc) is 2.83. The van der Waals surface area contributed by atoms with E-state index >= 15 is 0 Å². The number of halogens is 1. The Bertz CT molecular complexity index is 1180. The molecule has 36 heavy (non-hydrogen) atoms. The van der Waals surface area contributed by atoms with Gasteiger partial charge < -0.3 is 10.2 Å². The third-order valence-electron chi connectivity index (χ3n) is 6.84. The number of hydrogen-bond donors (Lipinski definition) is 1. The maximum atomic E-state index is 13.6. The lowest BCUT2D eigenvalue weighted by Crippen LogP contribution is -2.53. The fraction of sp³-hybridized carbons (Fsp3) is 0.481. The molecule has 0 aliphatic heterocycles. The Morgan fingerprint density at radius 3 is 2.25 bits per heavy atom. The first-order chi connectivity index (χ1) is 17.0. The lowest BCUT2D eigenvalue weighted by molar-refractivity contribution is -0.139. The zero-order chi connectivity index (χ0) is 26.5. The van der Waals surface area contributed by atoms with Crippen molar-refractivity contribution < 1.29 is 22.4 Å². The number of nitrogens with zero attached hydrogens (tertiary/aromatic N) is 2. The second kappa shape index (κ2) is 11.9. The Hall–Kier alpha value is -2.94. The summed E-state index contributed by atoms with van der Waals surface area (Å²) >= 11 is 0. The number of anilines is 1. The molecule has 0 spiro atoms. The van der Waals surface area contributed by atoms with E-state index in [1.165, 1.54) is 17.0 Å². The Labute approximate surface area is 213 Å². The van der Waals surface area contributed by atoms with Gasteiger partial charge >= 0.3 is 0 Å². The number of amides is 2. The minimum atomic E-state index is -3.79. The topological polar surface area (TPSA) is 86.8 Å². The Kier molecular flexibility index (Phi) is 9.11. The van der Waals surface area contributed by atoms with Crippen LogP contribution >= 0.6 is 0 Å². The van der Waals surface area contributed by atoms with Crippen LogP contribution in [-0.4, -0.2) is 50.0 Å². The molecular formula is C27H36FN3O4S. The van der Waals surface area contributed by atoms with Gasteiger partial charge in [0.05, 0.1) is 11.9 Å². The van der Waals surface area contributed by atoms with Gasteiger partial charge in [-0.3, -0.25) is 13.9 Å². The fourth-order valence-corrected chi connectivity index (χ4v) is 5.27. The van der Waals surface area contributed by atoms with E-state index in [-0.39, 0.29) is 18.5 Å². The molecule has 196 valence electrons. The molecule has 1 N–H and O–H groups in total. The van der Waals surface area contributed by atoms with E-state index < -0.39 is 34.3 Å². The summed E-state index contributed by atoms with van der Waals surface area (Å²) in [5.41, 5.74) is 2.93. The predicted molar refractivity (Wildman–Crippen MR) is 140 cm³/mol. The maximum absolute atomic E-state index is 13.6.